The molecule has 4 nitrogen and oxygen atoms in total. The first-order chi connectivity index (χ1) is 8.24. The van der Waals surface area contributed by atoms with Crippen molar-refractivity contribution in [3.05, 3.63) is 0 Å². The molecule has 0 aromatic carbocycles. The van der Waals surface area contributed by atoms with E-state index in [0.29, 0.717) is 19.1 Å². The number of carbonyl (C=O) groups is 1. The summed E-state index contributed by atoms with van der Waals surface area (Å²) in [4.78, 5) is 13.6. The Hall–Kier alpha value is -0.610. The molecule has 0 unspecified atom stereocenters. The monoisotopic (exact) mass is 242 g/mol. The smallest absolute Gasteiger partial charge is 0.305 e. The molecule has 1 saturated heterocycles. The highest BCUT2D eigenvalue weighted by Crippen LogP contribution is 2.07. The minimum atomic E-state index is -0.0527. The maximum absolute atomic E-state index is 11.1. The summed E-state index contributed by atoms with van der Waals surface area (Å²) in [6, 6.07) is 0.647. The highest BCUT2D eigenvalue weighted by atomic mass is 16.5. The van der Waals surface area contributed by atoms with Crippen molar-refractivity contribution in [3.63, 3.8) is 0 Å². The Morgan fingerprint density at radius 3 is 2.94 bits per heavy atom. The van der Waals surface area contributed by atoms with Gasteiger partial charge in [-0.1, -0.05) is 6.42 Å². The van der Waals surface area contributed by atoms with Gasteiger partial charge in [0.15, 0.2) is 0 Å². The second-order valence-corrected chi connectivity index (χ2v) is 4.70. The molecule has 1 aliphatic rings. The summed E-state index contributed by atoms with van der Waals surface area (Å²) in [5.41, 5.74) is 0. The lowest BCUT2D eigenvalue weighted by Crippen LogP contribution is -2.49. The molecule has 100 valence electrons. The first-order valence-corrected chi connectivity index (χ1v) is 6.84. The van der Waals surface area contributed by atoms with E-state index in [4.69, 9.17) is 4.74 Å². The average molecular weight is 242 g/mol. The Bertz CT molecular complexity index is 221. The lowest BCUT2D eigenvalue weighted by molar-refractivity contribution is -0.143. The van der Waals surface area contributed by atoms with E-state index >= 15 is 0 Å². The highest BCUT2D eigenvalue weighted by molar-refractivity contribution is 5.69. The number of hydrogen-bond acceptors (Lipinski definition) is 4. The minimum Gasteiger partial charge on any atom is -0.466 e. The van der Waals surface area contributed by atoms with Gasteiger partial charge in [-0.2, -0.15) is 0 Å². The van der Waals surface area contributed by atoms with Crippen LogP contribution < -0.4 is 5.32 Å². The van der Waals surface area contributed by atoms with Gasteiger partial charge in [-0.05, 0) is 33.2 Å². The third kappa shape index (κ3) is 6.03. The molecule has 0 amide bonds. The van der Waals surface area contributed by atoms with Gasteiger partial charge < -0.3 is 10.1 Å². The van der Waals surface area contributed by atoms with Crippen LogP contribution in [0.3, 0.4) is 0 Å². The van der Waals surface area contributed by atoms with Crippen molar-refractivity contribution >= 4 is 5.97 Å². The van der Waals surface area contributed by atoms with Gasteiger partial charge in [0.2, 0.25) is 0 Å². The van der Waals surface area contributed by atoms with E-state index in [1.165, 1.54) is 6.42 Å². The van der Waals surface area contributed by atoms with Crippen LogP contribution in [-0.2, 0) is 9.53 Å². The Balaban J connectivity index is 1.98. The van der Waals surface area contributed by atoms with Gasteiger partial charge in [-0.25, -0.2) is 0 Å². The van der Waals surface area contributed by atoms with Gasteiger partial charge >= 0.3 is 5.97 Å². The molecule has 1 fully saturated rings. The molecule has 0 aromatic heterocycles. The first kappa shape index (κ1) is 14.5. The number of piperazine rings is 1. The maximum Gasteiger partial charge on any atom is 0.305 e. The first-order valence-electron chi connectivity index (χ1n) is 6.84. The van der Waals surface area contributed by atoms with Crippen molar-refractivity contribution in [2.24, 2.45) is 0 Å². The fraction of sp³-hybridized carbons (Fsp3) is 0.923. The number of nitrogens with one attached hydrogen (secondary N) is 1. The van der Waals surface area contributed by atoms with Crippen LogP contribution in [0.15, 0.2) is 0 Å². The lowest BCUT2D eigenvalue weighted by atomic mass is 10.1. The molecule has 1 rings (SSSR count). The third-order valence-corrected chi connectivity index (χ3v) is 3.27. The summed E-state index contributed by atoms with van der Waals surface area (Å²) < 4.78 is 4.90. The highest BCUT2D eigenvalue weighted by Gasteiger charge is 2.16. The van der Waals surface area contributed by atoms with Crippen LogP contribution in [0.25, 0.3) is 0 Å². The summed E-state index contributed by atoms with van der Waals surface area (Å²) in [6.45, 7) is 9.13. The molecule has 0 saturated carbocycles. The van der Waals surface area contributed by atoms with Gasteiger partial charge in [-0.15, -0.1) is 0 Å². The van der Waals surface area contributed by atoms with Gasteiger partial charge in [-0.3, -0.25) is 9.69 Å². The average Bonchev–Trinajstić information content (AvgIpc) is 2.31. The summed E-state index contributed by atoms with van der Waals surface area (Å²) in [7, 11) is 0. The number of carbonyl (C=O) groups excluding carboxylic acids is 1. The molecule has 0 spiro atoms. The zero-order valence-corrected chi connectivity index (χ0v) is 11.2. The molecule has 1 heterocycles. The molecule has 1 N–H and O–H groups in total. The van der Waals surface area contributed by atoms with E-state index < -0.39 is 0 Å². The maximum atomic E-state index is 11.1. The van der Waals surface area contributed by atoms with Crippen molar-refractivity contribution in [2.45, 2.75) is 45.6 Å². The molecule has 1 aliphatic heterocycles. The van der Waals surface area contributed by atoms with Crippen molar-refractivity contribution < 1.29 is 9.53 Å². The molecule has 4 heteroatoms. The molecular formula is C13H26N2O2. The van der Waals surface area contributed by atoms with Gasteiger partial charge in [0.05, 0.1) is 6.61 Å². The van der Waals surface area contributed by atoms with Crippen molar-refractivity contribution in [2.75, 3.05) is 32.8 Å². The Morgan fingerprint density at radius 2 is 2.24 bits per heavy atom. The molecule has 1 atom stereocenters. The van der Waals surface area contributed by atoms with Crippen LogP contribution in [0, 0.1) is 0 Å². The number of esters is 1. The van der Waals surface area contributed by atoms with E-state index in [2.05, 4.69) is 17.1 Å². The molecule has 0 aliphatic carbocycles. The van der Waals surface area contributed by atoms with Gasteiger partial charge in [0.25, 0.3) is 0 Å². The SMILES string of the molecule is CCOC(=O)CCCCCN1CCNC[C@@H]1C. The second kappa shape index (κ2) is 8.48. The van der Waals surface area contributed by atoms with E-state index in [-0.39, 0.29) is 5.97 Å². The fourth-order valence-corrected chi connectivity index (χ4v) is 2.21. The summed E-state index contributed by atoms with van der Waals surface area (Å²) in [5.74, 6) is -0.0527. The number of rotatable bonds is 7. The van der Waals surface area contributed by atoms with E-state index in [0.717, 1.165) is 39.0 Å². The van der Waals surface area contributed by atoms with E-state index in [1.54, 1.807) is 0 Å². The molecule has 0 bridgehead atoms. The molecule has 17 heavy (non-hydrogen) atoms. The van der Waals surface area contributed by atoms with Crippen LogP contribution in [0.1, 0.15) is 39.5 Å². The number of unbranched alkanes of at least 4 members (excludes halogenated alkanes) is 2. The van der Waals surface area contributed by atoms with Crippen LogP contribution in [0.4, 0.5) is 0 Å². The quantitative estimate of drug-likeness (QED) is 0.541. The van der Waals surface area contributed by atoms with Gasteiger partial charge in [0, 0.05) is 32.1 Å². The Kier molecular flexibility index (Phi) is 7.21. The third-order valence-electron chi connectivity index (χ3n) is 3.27. The fourth-order valence-electron chi connectivity index (χ4n) is 2.21. The minimum absolute atomic E-state index is 0.0527. The largest absolute Gasteiger partial charge is 0.466 e. The lowest BCUT2D eigenvalue weighted by Gasteiger charge is -2.33. The second-order valence-electron chi connectivity index (χ2n) is 4.70. The molecule has 0 aromatic rings. The zero-order chi connectivity index (χ0) is 12.5. The zero-order valence-electron chi connectivity index (χ0n) is 11.2. The Labute approximate surface area is 105 Å². The van der Waals surface area contributed by atoms with Crippen molar-refractivity contribution in [1.29, 1.82) is 0 Å². The number of nitrogens with zero attached hydrogens (tertiary/aromatic N) is 1. The summed E-state index contributed by atoms with van der Waals surface area (Å²) in [5, 5.41) is 3.39. The molecule has 0 radical (unpaired) electrons. The number of ether oxygens (including phenoxy) is 1. The van der Waals surface area contributed by atoms with Crippen LogP contribution >= 0.6 is 0 Å². The van der Waals surface area contributed by atoms with E-state index in [1.807, 2.05) is 6.92 Å². The normalized spacial score (nSPS) is 21.4. The predicted octanol–water partition coefficient (Wildman–Crippen LogP) is 1.40. The molecular weight excluding hydrogens is 216 g/mol. The van der Waals surface area contributed by atoms with Crippen LogP contribution in [-0.4, -0.2) is 49.7 Å². The predicted molar refractivity (Wildman–Crippen MR) is 69.0 cm³/mol. The topological polar surface area (TPSA) is 41.6 Å². The van der Waals surface area contributed by atoms with Crippen molar-refractivity contribution in [1.82, 2.24) is 10.2 Å². The standard InChI is InChI=1S/C13H26N2O2/c1-3-17-13(16)7-5-4-6-9-15-10-8-14-11-12(15)2/h12,14H,3-11H2,1-2H3/t12-/m0/s1. The Morgan fingerprint density at radius 1 is 1.41 bits per heavy atom. The van der Waals surface area contributed by atoms with Gasteiger partial charge in [0.1, 0.15) is 0 Å². The number of hydrogen-bond donors (Lipinski definition) is 1. The summed E-state index contributed by atoms with van der Waals surface area (Å²) in [6.07, 6.45) is 3.84. The van der Waals surface area contributed by atoms with Crippen LogP contribution in [0.5, 0.6) is 0 Å². The van der Waals surface area contributed by atoms with Crippen LogP contribution in [0.2, 0.25) is 0 Å². The van der Waals surface area contributed by atoms with E-state index in [9.17, 15) is 4.79 Å². The van der Waals surface area contributed by atoms with Crippen molar-refractivity contribution in [3.8, 4) is 0 Å². The summed E-state index contributed by atoms with van der Waals surface area (Å²) >= 11 is 0.